The summed E-state index contributed by atoms with van der Waals surface area (Å²) in [7, 11) is -0.878. The summed E-state index contributed by atoms with van der Waals surface area (Å²) in [4.78, 5) is 10.6. The predicted molar refractivity (Wildman–Crippen MR) is 76.1 cm³/mol. The molecule has 6 heteroatoms. The zero-order valence-electron chi connectivity index (χ0n) is 12.2. The molecule has 0 aliphatic carbocycles. The highest BCUT2D eigenvalue weighted by Gasteiger charge is 2.38. The van der Waals surface area contributed by atoms with Crippen molar-refractivity contribution in [3.63, 3.8) is 0 Å². The lowest BCUT2D eigenvalue weighted by atomic mass is 10.1. The number of aliphatic carboxylic acids is 1. The Morgan fingerprint density at radius 1 is 1.16 bits per heavy atom. The SMILES string of the molecule is C=C(CCCCC[Si](OC)(OCC)OCC)C(=O)O. The molecule has 19 heavy (non-hydrogen) atoms. The van der Waals surface area contributed by atoms with Crippen LogP contribution < -0.4 is 0 Å². The van der Waals surface area contributed by atoms with Gasteiger partial charge < -0.3 is 18.4 Å². The fourth-order valence-corrected chi connectivity index (χ4v) is 4.18. The standard InChI is InChI=1S/C13H26O5Si/c1-5-17-19(16-4,18-6-2)11-9-7-8-10-12(3)13(14)15/h3,5-11H2,1-2,4H3,(H,14,15). The van der Waals surface area contributed by atoms with Crippen LogP contribution in [0.3, 0.4) is 0 Å². The highest BCUT2D eigenvalue weighted by atomic mass is 28.4. The van der Waals surface area contributed by atoms with E-state index in [1.807, 2.05) is 13.8 Å². The van der Waals surface area contributed by atoms with E-state index in [2.05, 4.69) is 6.58 Å². The molecular weight excluding hydrogens is 264 g/mol. The van der Waals surface area contributed by atoms with Crippen LogP contribution in [-0.2, 0) is 18.1 Å². The Morgan fingerprint density at radius 3 is 2.16 bits per heavy atom. The van der Waals surface area contributed by atoms with Crippen LogP contribution in [0.2, 0.25) is 6.04 Å². The minimum absolute atomic E-state index is 0.268. The van der Waals surface area contributed by atoms with Gasteiger partial charge in [-0.2, -0.15) is 0 Å². The van der Waals surface area contributed by atoms with E-state index in [4.69, 9.17) is 18.4 Å². The van der Waals surface area contributed by atoms with Crippen molar-refractivity contribution in [2.24, 2.45) is 0 Å². The Labute approximate surface area is 116 Å². The first-order valence-electron chi connectivity index (χ1n) is 6.75. The van der Waals surface area contributed by atoms with Gasteiger partial charge in [0.15, 0.2) is 0 Å². The predicted octanol–water partition coefficient (Wildman–Crippen LogP) is 2.85. The van der Waals surface area contributed by atoms with Crippen LogP contribution in [0.15, 0.2) is 12.2 Å². The van der Waals surface area contributed by atoms with Crippen molar-refractivity contribution in [1.29, 1.82) is 0 Å². The molecule has 0 rings (SSSR count). The summed E-state index contributed by atoms with van der Waals surface area (Å²) >= 11 is 0. The van der Waals surface area contributed by atoms with E-state index in [-0.39, 0.29) is 5.57 Å². The Bertz CT molecular complexity index is 274. The Balaban J connectivity index is 3.99. The fourth-order valence-electron chi connectivity index (χ4n) is 1.81. The second kappa shape index (κ2) is 10.1. The first-order chi connectivity index (χ1) is 9.01. The molecule has 0 aromatic rings. The van der Waals surface area contributed by atoms with E-state index < -0.39 is 14.8 Å². The molecule has 0 saturated carbocycles. The summed E-state index contributed by atoms with van der Waals surface area (Å²) in [5.74, 6) is -0.913. The highest BCUT2D eigenvalue weighted by Crippen LogP contribution is 2.20. The van der Waals surface area contributed by atoms with Crippen LogP contribution in [0.1, 0.15) is 39.5 Å². The Kier molecular flexibility index (Phi) is 9.77. The molecule has 5 nitrogen and oxygen atoms in total. The van der Waals surface area contributed by atoms with Gasteiger partial charge in [0.1, 0.15) is 0 Å². The third kappa shape index (κ3) is 7.46. The molecule has 112 valence electrons. The molecule has 0 radical (unpaired) electrons. The molecular formula is C13H26O5Si. The first-order valence-corrected chi connectivity index (χ1v) is 8.68. The second-order valence-corrected chi connectivity index (χ2v) is 7.07. The zero-order chi connectivity index (χ0) is 14.7. The van der Waals surface area contributed by atoms with Gasteiger partial charge in [0.05, 0.1) is 0 Å². The zero-order valence-corrected chi connectivity index (χ0v) is 13.2. The van der Waals surface area contributed by atoms with Gasteiger partial charge >= 0.3 is 14.8 Å². The Morgan fingerprint density at radius 2 is 1.74 bits per heavy atom. The van der Waals surface area contributed by atoms with Crippen LogP contribution in [-0.4, -0.2) is 40.2 Å². The molecule has 0 fully saturated rings. The quantitative estimate of drug-likeness (QED) is 0.340. The summed E-state index contributed by atoms with van der Waals surface area (Å²) in [5, 5.41) is 8.69. The molecule has 0 amide bonds. The van der Waals surface area contributed by atoms with Gasteiger partial charge in [0, 0.05) is 31.9 Å². The van der Waals surface area contributed by atoms with Crippen LogP contribution in [0.4, 0.5) is 0 Å². The lowest BCUT2D eigenvalue weighted by molar-refractivity contribution is -0.132. The van der Waals surface area contributed by atoms with Crippen molar-refractivity contribution in [2.45, 2.75) is 45.6 Å². The van der Waals surface area contributed by atoms with Gasteiger partial charge in [-0.15, -0.1) is 0 Å². The van der Waals surface area contributed by atoms with Gasteiger partial charge in [-0.25, -0.2) is 4.79 Å². The summed E-state index contributed by atoms with van der Waals surface area (Å²) in [6.07, 6.45) is 3.18. The maximum Gasteiger partial charge on any atom is 0.500 e. The van der Waals surface area contributed by atoms with Gasteiger partial charge in [0.25, 0.3) is 0 Å². The maximum atomic E-state index is 10.6. The fraction of sp³-hybridized carbons (Fsp3) is 0.769. The van der Waals surface area contributed by atoms with Crippen molar-refractivity contribution in [3.05, 3.63) is 12.2 Å². The molecule has 0 bridgehead atoms. The smallest absolute Gasteiger partial charge is 0.478 e. The lowest BCUT2D eigenvalue weighted by Gasteiger charge is -2.27. The van der Waals surface area contributed by atoms with E-state index in [0.29, 0.717) is 19.6 Å². The number of carboxylic acids is 1. The van der Waals surface area contributed by atoms with Crippen molar-refractivity contribution in [3.8, 4) is 0 Å². The van der Waals surface area contributed by atoms with E-state index in [1.54, 1.807) is 7.11 Å². The van der Waals surface area contributed by atoms with Crippen LogP contribution in [0, 0.1) is 0 Å². The number of unbranched alkanes of at least 4 members (excludes halogenated alkanes) is 2. The largest absolute Gasteiger partial charge is 0.500 e. The molecule has 0 aromatic carbocycles. The lowest BCUT2D eigenvalue weighted by Crippen LogP contribution is -2.44. The molecule has 0 aliphatic heterocycles. The monoisotopic (exact) mass is 290 g/mol. The van der Waals surface area contributed by atoms with E-state index >= 15 is 0 Å². The molecule has 0 atom stereocenters. The molecule has 0 spiro atoms. The van der Waals surface area contributed by atoms with Crippen LogP contribution in [0.5, 0.6) is 0 Å². The third-order valence-corrected chi connectivity index (χ3v) is 5.85. The first kappa shape index (κ1) is 18.3. The van der Waals surface area contributed by atoms with Gasteiger partial charge in [-0.3, -0.25) is 0 Å². The number of rotatable bonds is 12. The summed E-state index contributed by atoms with van der Waals surface area (Å²) in [6, 6.07) is 0.769. The van der Waals surface area contributed by atoms with Crippen LogP contribution in [0.25, 0.3) is 0 Å². The molecule has 1 N–H and O–H groups in total. The van der Waals surface area contributed by atoms with Crippen molar-refractivity contribution < 1.29 is 23.2 Å². The molecule has 0 aromatic heterocycles. The summed E-state index contributed by atoms with van der Waals surface area (Å²) in [6.45, 7) is 8.52. The Hall–Kier alpha value is -0.693. The topological polar surface area (TPSA) is 65.0 Å². The molecule has 0 unspecified atom stereocenters. The summed E-state index contributed by atoms with van der Waals surface area (Å²) < 4.78 is 16.8. The number of hydrogen-bond donors (Lipinski definition) is 1. The van der Waals surface area contributed by atoms with Crippen LogP contribution >= 0.6 is 0 Å². The average Bonchev–Trinajstić information content (AvgIpc) is 2.38. The highest BCUT2D eigenvalue weighted by molar-refractivity contribution is 6.60. The third-order valence-electron chi connectivity index (χ3n) is 2.80. The summed E-state index contributed by atoms with van der Waals surface area (Å²) in [5.41, 5.74) is 0.268. The average molecular weight is 290 g/mol. The van der Waals surface area contributed by atoms with Gasteiger partial charge in [-0.05, 0) is 33.1 Å². The van der Waals surface area contributed by atoms with Crippen molar-refractivity contribution >= 4 is 14.8 Å². The van der Waals surface area contributed by atoms with E-state index in [9.17, 15) is 4.79 Å². The molecule has 0 heterocycles. The second-order valence-electron chi connectivity index (χ2n) is 4.22. The minimum Gasteiger partial charge on any atom is -0.478 e. The number of carbonyl (C=O) groups is 1. The maximum absolute atomic E-state index is 10.6. The van der Waals surface area contributed by atoms with Crippen molar-refractivity contribution in [1.82, 2.24) is 0 Å². The number of hydrogen-bond acceptors (Lipinski definition) is 4. The molecule has 0 saturated heterocycles. The van der Waals surface area contributed by atoms with Gasteiger partial charge in [-0.1, -0.05) is 13.0 Å². The van der Waals surface area contributed by atoms with Crippen molar-refractivity contribution in [2.75, 3.05) is 20.3 Å². The molecule has 0 aliphatic rings. The minimum atomic E-state index is -2.51. The van der Waals surface area contributed by atoms with E-state index in [1.165, 1.54) is 0 Å². The normalized spacial score (nSPS) is 11.5. The van der Waals surface area contributed by atoms with Gasteiger partial charge in [0.2, 0.25) is 0 Å². The number of carboxylic acid groups (broad SMARTS) is 1. The van der Waals surface area contributed by atoms with E-state index in [0.717, 1.165) is 25.3 Å².